The topological polar surface area (TPSA) is 192 Å². The number of hydrogen-bond donors (Lipinski definition) is 1. The molecule has 3 rings (SSSR count). The van der Waals surface area contributed by atoms with Crippen LogP contribution in [0.4, 0.5) is 0 Å². The van der Waals surface area contributed by atoms with Gasteiger partial charge in [-0.3, -0.25) is 0 Å². The molecule has 3 aliphatic rings. The zero-order valence-corrected chi connectivity index (χ0v) is 41.8. The van der Waals surface area contributed by atoms with E-state index in [1.807, 2.05) is 20.8 Å². The molecule has 15 heteroatoms. The van der Waals surface area contributed by atoms with Gasteiger partial charge in [0.15, 0.2) is 0 Å². The first-order chi connectivity index (χ1) is 26.4. The van der Waals surface area contributed by atoms with Gasteiger partial charge in [0.25, 0.3) is 0 Å². The molecule has 0 spiro atoms. The minimum absolute atomic E-state index is 0.0481. The molecule has 59 heavy (non-hydrogen) atoms. The lowest BCUT2D eigenvalue weighted by Crippen LogP contribution is -2.20. The molecule has 0 saturated heterocycles. The van der Waals surface area contributed by atoms with E-state index in [1.165, 1.54) is 19.1 Å². The summed E-state index contributed by atoms with van der Waals surface area (Å²) >= 11 is 0. The monoisotopic (exact) mass is 875 g/mol. The highest BCUT2D eigenvalue weighted by Gasteiger charge is 2.19. The molecule has 0 unspecified atom stereocenters. The molecular weight excluding hydrogens is 789 g/mol. The zero-order valence-electron chi connectivity index (χ0n) is 40.2. The number of sulfonamides is 1. The average molecular weight is 875 g/mol. The second-order valence-corrected chi connectivity index (χ2v) is 26.0. The normalized spacial score (nSPS) is 15.8. The van der Waals surface area contributed by atoms with Crippen LogP contribution in [0.15, 0.2) is 38.1 Å². The molecule has 0 fully saturated rings. The summed E-state index contributed by atoms with van der Waals surface area (Å²) in [5.74, 6) is 0.976. The number of oxime groups is 2. The quantitative estimate of drug-likeness (QED) is 0.132. The first kappa shape index (κ1) is 58.6. The first-order valence-electron chi connectivity index (χ1n) is 21.2. The van der Waals surface area contributed by atoms with Gasteiger partial charge in [0.1, 0.15) is 22.1 Å². The Morgan fingerprint density at radius 1 is 0.576 bits per heavy atom. The molecule has 346 valence electrons. The van der Waals surface area contributed by atoms with Gasteiger partial charge in [-0.15, -0.1) is 5.10 Å². The Hall–Kier alpha value is -2.52. The Kier molecular flexibility index (Phi) is 26.5. The highest BCUT2D eigenvalue weighted by Crippen LogP contribution is 2.26. The highest BCUT2D eigenvalue weighted by atomic mass is 32.2. The van der Waals surface area contributed by atoms with Crippen molar-refractivity contribution in [1.29, 1.82) is 0 Å². The van der Waals surface area contributed by atoms with Crippen LogP contribution < -0.4 is 5.14 Å². The van der Waals surface area contributed by atoms with E-state index >= 15 is 0 Å². The predicted octanol–water partition coefficient (Wildman–Crippen LogP) is 11.6. The van der Waals surface area contributed by atoms with E-state index in [9.17, 15) is 21.6 Å². The van der Waals surface area contributed by atoms with Gasteiger partial charge in [-0.2, -0.15) is 5.11 Å². The summed E-state index contributed by atoms with van der Waals surface area (Å²) in [6.07, 6.45) is 14.9. The number of primary sulfonamides is 1. The largest absolute Gasteiger partial charge is 0.362 e. The third-order valence-electron chi connectivity index (χ3n) is 8.61. The van der Waals surface area contributed by atoms with Crippen molar-refractivity contribution >= 4 is 43.0 Å². The maximum Gasteiger partial charge on any atom is 0.340 e. The van der Waals surface area contributed by atoms with Crippen molar-refractivity contribution in [2.75, 3.05) is 24.3 Å². The van der Waals surface area contributed by atoms with E-state index < -0.39 is 19.9 Å². The standard InChI is InChI=1S/C10H17NO2.C10H17NO.C9H17N3.C9H20O2S.C6H15NO2S/c1-10(2,3)6-4-5-8-7-9(12)13-11-8;1-8-7-9(11-12-8)5-6-10(2,3)4;1-9(2,3)6-4-5-8-7-10-12-11-8;1-9(2,3)7-5-6-8-12(4,10)11;1-6(2,3)4-5-10(7,8)9/h4-7H2,1-3H3;1,5-7H2,2-4H3;4-7H2,1-3H3;5-8H2,1-4H3;4-5H2,1-3H3,(H2,7,8,9). The number of sulfone groups is 1. The van der Waals surface area contributed by atoms with Crippen LogP contribution >= 0.6 is 0 Å². The van der Waals surface area contributed by atoms with Crippen LogP contribution in [0.3, 0.4) is 0 Å². The third kappa shape index (κ3) is 46.4. The fourth-order valence-electron chi connectivity index (χ4n) is 5.04. The van der Waals surface area contributed by atoms with Crippen molar-refractivity contribution in [2.45, 2.75) is 194 Å². The van der Waals surface area contributed by atoms with Crippen LogP contribution in [-0.2, 0) is 34.3 Å². The third-order valence-corrected chi connectivity index (χ3v) is 10.4. The van der Waals surface area contributed by atoms with Crippen LogP contribution in [-0.4, -0.2) is 64.2 Å². The number of rotatable bonds is 14. The molecule has 3 heterocycles. The molecule has 0 saturated carbocycles. The fraction of sp³-hybridized carbons (Fsp3) is 0.864. The molecule has 0 aliphatic carbocycles. The van der Waals surface area contributed by atoms with E-state index in [2.05, 4.69) is 120 Å². The van der Waals surface area contributed by atoms with Gasteiger partial charge in [-0.05, 0) is 103 Å². The molecule has 3 aliphatic heterocycles. The number of carbonyl (C=O) groups is 1. The number of allylic oxidation sites excluding steroid dienone is 1. The van der Waals surface area contributed by atoms with Crippen LogP contribution in [0.5, 0.6) is 0 Å². The predicted molar refractivity (Wildman–Crippen MR) is 248 cm³/mol. The van der Waals surface area contributed by atoms with Gasteiger partial charge in [0.05, 0.1) is 29.3 Å². The van der Waals surface area contributed by atoms with Crippen molar-refractivity contribution in [2.24, 2.45) is 58.0 Å². The Labute approximate surface area is 361 Å². The average Bonchev–Trinajstić information content (AvgIpc) is 3.79. The smallest absolute Gasteiger partial charge is 0.340 e. The summed E-state index contributed by atoms with van der Waals surface area (Å²) in [7, 11) is -6.00. The lowest BCUT2D eigenvalue weighted by atomic mass is 9.89. The van der Waals surface area contributed by atoms with Gasteiger partial charge < -0.3 is 9.68 Å². The summed E-state index contributed by atoms with van der Waals surface area (Å²) in [5.41, 5.74) is 4.73. The first-order valence-corrected chi connectivity index (χ1v) is 25.0. The SMILES string of the molecule is C=C1CC(CCC(C)(C)C)=NO1.CC(C)(C)CCCC1=NN=NC1.CC(C)(C)CCCC1=NOC(=O)C1.CC(C)(C)CCCCS(C)(=O)=O.CC(C)(C)CCS(N)(=O)=O. The summed E-state index contributed by atoms with van der Waals surface area (Å²) in [4.78, 5) is 20.1. The second kappa shape index (κ2) is 26.7. The van der Waals surface area contributed by atoms with Crippen molar-refractivity contribution < 1.29 is 31.3 Å². The molecule has 0 atom stereocenters. The van der Waals surface area contributed by atoms with E-state index in [-0.39, 0.29) is 17.1 Å². The molecule has 0 aromatic heterocycles. The van der Waals surface area contributed by atoms with Crippen molar-refractivity contribution in [3.63, 3.8) is 0 Å². The zero-order chi connectivity index (χ0) is 46.4. The molecule has 0 amide bonds. The Morgan fingerprint density at radius 2 is 1.02 bits per heavy atom. The number of carbonyl (C=O) groups excluding carboxylic acids is 1. The molecule has 0 radical (unpaired) electrons. The van der Waals surface area contributed by atoms with E-state index in [0.717, 1.165) is 93.6 Å². The minimum Gasteiger partial charge on any atom is -0.362 e. The molecule has 0 aromatic rings. The second-order valence-electron chi connectivity index (χ2n) is 22.0. The molecule has 13 nitrogen and oxygen atoms in total. The van der Waals surface area contributed by atoms with Crippen molar-refractivity contribution in [3.05, 3.63) is 12.3 Å². The van der Waals surface area contributed by atoms with Crippen molar-refractivity contribution in [1.82, 2.24) is 0 Å². The van der Waals surface area contributed by atoms with E-state index in [4.69, 9.17) is 9.98 Å². The number of hydrogen-bond acceptors (Lipinski definition) is 12. The molecule has 2 N–H and O–H groups in total. The van der Waals surface area contributed by atoms with E-state index in [0.29, 0.717) is 40.3 Å². The maximum absolute atomic E-state index is 10.8. The lowest BCUT2D eigenvalue weighted by molar-refractivity contribution is -0.140. The van der Waals surface area contributed by atoms with Crippen molar-refractivity contribution in [3.8, 4) is 0 Å². The number of nitrogens with zero attached hydrogens (tertiary/aromatic N) is 5. The van der Waals surface area contributed by atoms with Crippen LogP contribution in [0.25, 0.3) is 0 Å². The van der Waals surface area contributed by atoms with Gasteiger partial charge >= 0.3 is 5.97 Å². The Morgan fingerprint density at radius 3 is 1.36 bits per heavy atom. The van der Waals surface area contributed by atoms with Gasteiger partial charge in [-0.25, -0.2) is 26.8 Å². The lowest BCUT2D eigenvalue weighted by Gasteiger charge is -2.17. The highest BCUT2D eigenvalue weighted by molar-refractivity contribution is 7.90. The van der Waals surface area contributed by atoms with Gasteiger partial charge in [0.2, 0.25) is 10.0 Å². The maximum atomic E-state index is 10.8. The minimum atomic E-state index is -3.26. The van der Waals surface area contributed by atoms with Gasteiger partial charge in [-0.1, -0.05) is 127 Å². The van der Waals surface area contributed by atoms with Gasteiger partial charge in [0, 0.05) is 18.4 Å². The summed E-state index contributed by atoms with van der Waals surface area (Å²) in [5, 5.41) is 23.8. The number of unbranched alkanes of at least 4 members (excludes halogenated alkanes) is 1. The molecule has 0 aromatic carbocycles. The summed E-state index contributed by atoms with van der Waals surface area (Å²) in [6, 6.07) is 0. The van der Waals surface area contributed by atoms with Crippen LogP contribution in [0.2, 0.25) is 0 Å². The van der Waals surface area contributed by atoms with Crippen LogP contribution in [0.1, 0.15) is 194 Å². The fourth-order valence-corrected chi connectivity index (χ4v) is 6.66. The van der Waals surface area contributed by atoms with Crippen LogP contribution in [0, 0.1) is 27.1 Å². The summed E-state index contributed by atoms with van der Waals surface area (Å²) in [6.45, 7) is 37.0. The van der Waals surface area contributed by atoms with E-state index in [1.54, 1.807) is 0 Å². The Balaban J connectivity index is 0. The summed E-state index contributed by atoms with van der Waals surface area (Å²) < 4.78 is 42.4. The Bertz CT molecular complexity index is 1600. The molecular formula is C44H86N6O7S2. The number of nitrogens with two attached hydrogens (primary N) is 1. The molecule has 0 bridgehead atoms.